The van der Waals surface area contributed by atoms with Crippen molar-refractivity contribution in [3.63, 3.8) is 0 Å². The van der Waals surface area contributed by atoms with Gasteiger partial charge in [0.2, 0.25) is 0 Å². The molecule has 1 heterocycles. The monoisotopic (exact) mass is 297 g/mol. The smallest absolute Gasteiger partial charge is 0.119 e. The molecule has 1 atom stereocenters. The molecule has 1 aliphatic rings. The van der Waals surface area contributed by atoms with Gasteiger partial charge in [0, 0.05) is 25.6 Å². The minimum absolute atomic E-state index is 0.832. The van der Waals surface area contributed by atoms with Crippen molar-refractivity contribution in [3.05, 3.63) is 66.5 Å². The van der Waals surface area contributed by atoms with Gasteiger partial charge in [0.25, 0.3) is 0 Å². The summed E-state index contributed by atoms with van der Waals surface area (Å²) in [6.07, 6.45) is 6.94. The predicted octanol–water partition coefficient (Wildman–Crippen LogP) is 2.28. The lowest BCUT2D eigenvalue weighted by atomic mass is 10.2. The summed E-state index contributed by atoms with van der Waals surface area (Å²) in [6, 6.07) is 13.5. The van der Waals surface area contributed by atoms with Gasteiger partial charge in [-0.2, -0.15) is 0 Å². The fourth-order valence-corrected chi connectivity index (χ4v) is 3.02. The topological polar surface area (TPSA) is 18.6 Å². The molecule has 0 bridgehead atoms. The van der Waals surface area contributed by atoms with Crippen LogP contribution in [0.1, 0.15) is 24.1 Å². The van der Waals surface area contributed by atoms with E-state index in [-0.39, 0.29) is 0 Å². The molecule has 22 heavy (non-hydrogen) atoms. The molecule has 3 heteroatoms. The van der Waals surface area contributed by atoms with Crippen LogP contribution in [-0.2, 0) is 13.1 Å². The van der Waals surface area contributed by atoms with Crippen LogP contribution in [0.15, 0.2) is 55.3 Å². The molecular weight excluding hydrogens is 272 g/mol. The Morgan fingerprint density at radius 2 is 2.18 bits per heavy atom. The van der Waals surface area contributed by atoms with Gasteiger partial charge in [-0.25, -0.2) is 0 Å². The number of hydrogen-bond acceptors (Lipinski definition) is 1. The molecule has 1 aromatic carbocycles. The molecule has 0 aliphatic heterocycles. The lowest BCUT2D eigenvalue weighted by Crippen LogP contribution is -3.12. The number of nitrogens with zero attached hydrogens (tertiary/aromatic N) is 1. The minimum atomic E-state index is 0.832. The first-order valence-corrected chi connectivity index (χ1v) is 8.02. The maximum Gasteiger partial charge on any atom is 0.119 e. The summed E-state index contributed by atoms with van der Waals surface area (Å²) in [5, 5.41) is 0. The number of quaternary nitrogens is 1. The van der Waals surface area contributed by atoms with Crippen molar-refractivity contribution >= 4 is 0 Å². The average molecular weight is 297 g/mol. The molecule has 1 aliphatic carbocycles. The van der Waals surface area contributed by atoms with E-state index in [1.165, 1.54) is 24.1 Å². The Morgan fingerprint density at radius 1 is 1.32 bits per heavy atom. The first-order chi connectivity index (χ1) is 10.8. The van der Waals surface area contributed by atoms with Gasteiger partial charge in [0.15, 0.2) is 0 Å². The molecule has 3 nitrogen and oxygen atoms in total. The van der Waals surface area contributed by atoms with Gasteiger partial charge in [-0.05, 0) is 35.9 Å². The number of rotatable bonds is 8. The molecule has 1 saturated carbocycles. The Hall–Kier alpha value is -2.00. The van der Waals surface area contributed by atoms with Gasteiger partial charge >= 0.3 is 0 Å². The van der Waals surface area contributed by atoms with Crippen LogP contribution in [0.3, 0.4) is 0 Å². The van der Waals surface area contributed by atoms with E-state index >= 15 is 0 Å². The zero-order valence-electron chi connectivity index (χ0n) is 13.3. The SMILES string of the molecule is C=CC[NH+](Cc1cccn1Cc1cccc(OC)c1)C1CC1. The minimum Gasteiger partial charge on any atom is -0.497 e. The van der Waals surface area contributed by atoms with Crippen LogP contribution in [0.5, 0.6) is 5.75 Å². The summed E-state index contributed by atoms with van der Waals surface area (Å²) in [6.45, 7) is 6.93. The highest BCUT2D eigenvalue weighted by molar-refractivity contribution is 5.29. The molecule has 0 saturated heterocycles. The third kappa shape index (κ3) is 3.60. The Labute approximate surface area is 132 Å². The van der Waals surface area contributed by atoms with Crippen LogP contribution in [-0.4, -0.2) is 24.3 Å². The number of hydrogen-bond donors (Lipinski definition) is 1. The summed E-state index contributed by atoms with van der Waals surface area (Å²) in [5.74, 6) is 0.920. The quantitative estimate of drug-likeness (QED) is 0.741. The van der Waals surface area contributed by atoms with E-state index in [9.17, 15) is 0 Å². The molecule has 1 N–H and O–H groups in total. The van der Waals surface area contributed by atoms with Crippen molar-refractivity contribution in [1.29, 1.82) is 0 Å². The maximum absolute atomic E-state index is 5.32. The zero-order valence-corrected chi connectivity index (χ0v) is 13.3. The molecule has 1 fully saturated rings. The lowest BCUT2D eigenvalue weighted by molar-refractivity contribution is -0.919. The number of ether oxygens (including phenoxy) is 1. The fraction of sp³-hybridized carbons (Fsp3) is 0.368. The third-order valence-electron chi connectivity index (χ3n) is 4.38. The first kappa shape index (κ1) is 14.9. The molecular formula is C19H25N2O+. The van der Waals surface area contributed by atoms with E-state index in [2.05, 4.69) is 47.7 Å². The normalized spacial score (nSPS) is 15.5. The molecule has 0 spiro atoms. The number of methoxy groups -OCH3 is 1. The van der Waals surface area contributed by atoms with E-state index in [0.717, 1.165) is 31.4 Å². The van der Waals surface area contributed by atoms with Crippen LogP contribution in [0.4, 0.5) is 0 Å². The Kier molecular flexibility index (Phi) is 4.64. The van der Waals surface area contributed by atoms with E-state index in [0.29, 0.717) is 0 Å². The molecule has 2 aromatic rings. The van der Waals surface area contributed by atoms with Gasteiger partial charge < -0.3 is 14.2 Å². The van der Waals surface area contributed by atoms with Crippen LogP contribution < -0.4 is 9.64 Å². The van der Waals surface area contributed by atoms with E-state index < -0.39 is 0 Å². The summed E-state index contributed by atoms with van der Waals surface area (Å²) in [5.41, 5.74) is 2.67. The second-order valence-corrected chi connectivity index (χ2v) is 6.08. The second-order valence-electron chi connectivity index (χ2n) is 6.08. The van der Waals surface area contributed by atoms with Gasteiger partial charge in [-0.3, -0.25) is 0 Å². The highest BCUT2D eigenvalue weighted by Gasteiger charge is 2.32. The molecule has 1 aromatic heterocycles. The van der Waals surface area contributed by atoms with Gasteiger partial charge in [-0.1, -0.05) is 18.7 Å². The predicted molar refractivity (Wildman–Crippen MR) is 89.3 cm³/mol. The second kappa shape index (κ2) is 6.84. The molecule has 1 unspecified atom stereocenters. The number of benzene rings is 1. The Balaban J connectivity index is 1.72. The van der Waals surface area contributed by atoms with Crippen molar-refractivity contribution in [1.82, 2.24) is 4.57 Å². The highest BCUT2D eigenvalue weighted by atomic mass is 16.5. The Morgan fingerprint density at radius 3 is 2.91 bits per heavy atom. The van der Waals surface area contributed by atoms with Crippen LogP contribution >= 0.6 is 0 Å². The van der Waals surface area contributed by atoms with E-state index in [1.54, 1.807) is 12.0 Å². The van der Waals surface area contributed by atoms with Crippen molar-refractivity contribution in [3.8, 4) is 5.75 Å². The largest absolute Gasteiger partial charge is 0.497 e. The zero-order chi connectivity index (χ0) is 15.4. The third-order valence-corrected chi connectivity index (χ3v) is 4.38. The summed E-state index contributed by atoms with van der Waals surface area (Å²) in [4.78, 5) is 1.64. The molecule has 116 valence electrons. The van der Waals surface area contributed by atoms with Gasteiger partial charge in [0.1, 0.15) is 12.3 Å². The number of aromatic nitrogens is 1. The van der Waals surface area contributed by atoms with Crippen LogP contribution in [0.2, 0.25) is 0 Å². The van der Waals surface area contributed by atoms with Crippen molar-refractivity contribution in [2.24, 2.45) is 0 Å². The van der Waals surface area contributed by atoms with Gasteiger partial charge in [-0.15, -0.1) is 0 Å². The average Bonchev–Trinajstić information content (AvgIpc) is 3.30. The van der Waals surface area contributed by atoms with Crippen molar-refractivity contribution < 1.29 is 9.64 Å². The van der Waals surface area contributed by atoms with E-state index in [4.69, 9.17) is 4.74 Å². The van der Waals surface area contributed by atoms with E-state index in [1.807, 2.05) is 12.1 Å². The maximum atomic E-state index is 5.32. The van der Waals surface area contributed by atoms with Crippen molar-refractivity contribution in [2.45, 2.75) is 32.0 Å². The molecule has 3 rings (SSSR count). The van der Waals surface area contributed by atoms with Crippen molar-refractivity contribution in [2.75, 3.05) is 13.7 Å². The molecule has 0 amide bonds. The standard InChI is InChI=1S/C19H24N2O/c1-3-11-20(17-9-10-17)15-18-7-5-12-21(18)14-16-6-4-8-19(13-16)22-2/h3-8,12-13,17H,1,9-11,14-15H2,2H3/p+1. The summed E-state index contributed by atoms with van der Waals surface area (Å²) >= 11 is 0. The summed E-state index contributed by atoms with van der Waals surface area (Å²) < 4.78 is 7.66. The van der Waals surface area contributed by atoms with Crippen LogP contribution in [0.25, 0.3) is 0 Å². The fourth-order valence-electron chi connectivity index (χ4n) is 3.02. The summed E-state index contributed by atoms with van der Waals surface area (Å²) in [7, 11) is 1.71. The molecule has 0 radical (unpaired) electrons. The first-order valence-electron chi connectivity index (χ1n) is 8.02. The van der Waals surface area contributed by atoms with Crippen LogP contribution in [0, 0.1) is 0 Å². The number of nitrogens with one attached hydrogen (secondary N) is 1. The van der Waals surface area contributed by atoms with Gasteiger partial charge in [0.05, 0.1) is 25.4 Å². The Bertz CT molecular complexity index is 628. The lowest BCUT2D eigenvalue weighted by Gasteiger charge is -2.19. The highest BCUT2D eigenvalue weighted by Crippen LogP contribution is 2.17.